The maximum atomic E-state index is 12.1. The van der Waals surface area contributed by atoms with Crippen LogP contribution in [0.5, 0.6) is 0 Å². The molecule has 0 bridgehead atoms. The zero-order valence-electron chi connectivity index (χ0n) is 15.0. The summed E-state index contributed by atoms with van der Waals surface area (Å²) in [6.07, 6.45) is 2.53. The third-order valence-electron chi connectivity index (χ3n) is 4.92. The molecule has 0 aromatic heterocycles. The highest BCUT2D eigenvalue weighted by Crippen LogP contribution is 2.24. The lowest BCUT2D eigenvalue weighted by Gasteiger charge is -2.32. The summed E-state index contributed by atoms with van der Waals surface area (Å²) >= 11 is 0. The summed E-state index contributed by atoms with van der Waals surface area (Å²) in [5, 5.41) is 5.84. The van der Waals surface area contributed by atoms with Crippen molar-refractivity contribution in [3.8, 4) is 0 Å². The molecule has 1 fully saturated rings. The van der Waals surface area contributed by atoms with Crippen LogP contribution in [-0.2, 0) is 0 Å². The van der Waals surface area contributed by atoms with Gasteiger partial charge < -0.3 is 15.5 Å². The molecule has 1 atom stereocenters. The molecule has 132 valence electrons. The van der Waals surface area contributed by atoms with Crippen LogP contribution in [-0.4, -0.2) is 19.1 Å². The Morgan fingerprint density at radius 2 is 1.68 bits per heavy atom. The molecule has 0 radical (unpaired) electrons. The van der Waals surface area contributed by atoms with Gasteiger partial charge in [0.15, 0.2) is 0 Å². The summed E-state index contributed by atoms with van der Waals surface area (Å²) in [5.74, 6) is 0.836. The minimum atomic E-state index is -0.187. The fourth-order valence-corrected chi connectivity index (χ4v) is 3.21. The first-order chi connectivity index (χ1) is 12.1. The number of para-hydroxylation sites is 1. The van der Waals surface area contributed by atoms with Crippen LogP contribution < -0.4 is 15.5 Å². The number of benzene rings is 2. The van der Waals surface area contributed by atoms with Crippen molar-refractivity contribution >= 4 is 17.4 Å². The Kier molecular flexibility index (Phi) is 5.59. The summed E-state index contributed by atoms with van der Waals surface area (Å²) in [7, 11) is 0. The molecule has 2 aromatic rings. The fraction of sp³-hybridized carbons (Fsp3) is 0.381. The lowest BCUT2D eigenvalue weighted by molar-refractivity contribution is 0.249. The zero-order valence-corrected chi connectivity index (χ0v) is 15.0. The molecule has 0 saturated carbocycles. The number of nitrogens with zero attached hydrogens (tertiary/aromatic N) is 1. The molecule has 25 heavy (non-hydrogen) atoms. The number of carbonyl (C=O) groups is 1. The second-order valence-electron chi connectivity index (χ2n) is 6.95. The Morgan fingerprint density at radius 3 is 2.32 bits per heavy atom. The van der Waals surface area contributed by atoms with E-state index >= 15 is 0 Å². The van der Waals surface area contributed by atoms with Gasteiger partial charge in [-0.15, -0.1) is 0 Å². The summed E-state index contributed by atoms with van der Waals surface area (Å²) in [6.45, 7) is 6.60. The summed E-state index contributed by atoms with van der Waals surface area (Å²) in [6, 6.07) is 17.8. The average Bonchev–Trinajstić information content (AvgIpc) is 2.63. The van der Waals surface area contributed by atoms with Crippen LogP contribution in [0.15, 0.2) is 54.6 Å². The molecule has 4 nitrogen and oxygen atoms in total. The van der Waals surface area contributed by atoms with Crippen LogP contribution in [0.2, 0.25) is 0 Å². The molecule has 2 aromatic carbocycles. The Balaban J connectivity index is 1.55. The van der Waals surface area contributed by atoms with Crippen molar-refractivity contribution in [3.05, 3.63) is 60.2 Å². The van der Waals surface area contributed by atoms with Crippen molar-refractivity contribution in [2.24, 2.45) is 5.92 Å². The van der Waals surface area contributed by atoms with Crippen molar-refractivity contribution in [3.63, 3.8) is 0 Å². The maximum absolute atomic E-state index is 12.1. The van der Waals surface area contributed by atoms with Gasteiger partial charge in [-0.1, -0.05) is 37.3 Å². The van der Waals surface area contributed by atoms with E-state index in [0.29, 0.717) is 0 Å². The lowest BCUT2D eigenvalue weighted by atomic mass is 9.98. The van der Waals surface area contributed by atoms with E-state index in [-0.39, 0.29) is 12.1 Å². The Bertz CT molecular complexity index is 676. The standard InChI is InChI=1S/C21H27N3O/c1-16-12-14-24(15-13-16)20-10-8-18(9-11-20)17(2)22-21(25)23-19-6-4-3-5-7-19/h3-11,16-17H,12-15H2,1-2H3,(H2,22,23,25). The SMILES string of the molecule is CC1CCN(c2ccc(C(C)NC(=O)Nc3ccccc3)cc2)CC1. The molecule has 1 heterocycles. The highest BCUT2D eigenvalue weighted by Gasteiger charge is 2.16. The number of rotatable bonds is 4. The van der Waals surface area contributed by atoms with E-state index in [2.05, 4.69) is 46.7 Å². The van der Waals surface area contributed by atoms with E-state index in [9.17, 15) is 4.79 Å². The van der Waals surface area contributed by atoms with Gasteiger partial charge in [0.05, 0.1) is 6.04 Å². The van der Waals surface area contributed by atoms with E-state index < -0.39 is 0 Å². The molecule has 1 aliphatic rings. The number of anilines is 2. The van der Waals surface area contributed by atoms with E-state index in [1.165, 1.54) is 18.5 Å². The monoisotopic (exact) mass is 337 g/mol. The summed E-state index contributed by atoms with van der Waals surface area (Å²) < 4.78 is 0. The number of hydrogen-bond acceptors (Lipinski definition) is 2. The van der Waals surface area contributed by atoms with Crippen LogP contribution in [0.3, 0.4) is 0 Å². The van der Waals surface area contributed by atoms with Gasteiger partial charge in [-0.2, -0.15) is 0 Å². The highest BCUT2D eigenvalue weighted by atomic mass is 16.2. The number of amides is 2. The number of hydrogen-bond donors (Lipinski definition) is 2. The molecule has 1 saturated heterocycles. The third-order valence-corrected chi connectivity index (χ3v) is 4.92. The Morgan fingerprint density at radius 1 is 1.04 bits per heavy atom. The van der Waals surface area contributed by atoms with Gasteiger partial charge in [0.2, 0.25) is 0 Å². The molecular weight excluding hydrogens is 310 g/mol. The number of nitrogens with one attached hydrogen (secondary N) is 2. The summed E-state index contributed by atoms with van der Waals surface area (Å²) in [4.78, 5) is 14.6. The quantitative estimate of drug-likeness (QED) is 0.841. The van der Waals surface area contributed by atoms with Crippen molar-refractivity contribution in [2.45, 2.75) is 32.7 Å². The minimum absolute atomic E-state index is 0.0425. The van der Waals surface area contributed by atoms with Gasteiger partial charge in [-0.05, 0) is 55.5 Å². The first-order valence-corrected chi connectivity index (χ1v) is 9.09. The van der Waals surface area contributed by atoms with Crippen molar-refractivity contribution < 1.29 is 4.79 Å². The Hall–Kier alpha value is -2.49. The first kappa shape index (κ1) is 17.3. The molecule has 1 aliphatic heterocycles. The van der Waals surface area contributed by atoms with Crippen LogP contribution in [0.25, 0.3) is 0 Å². The van der Waals surface area contributed by atoms with E-state index in [1.54, 1.807) is 0 Å². The fourth-order valence-electron chi connectivity index (χ4n) is 3.21. The Labute approximate surface area is 150 Å². The van der Waals surface area contributed by atoms with Crippen LogP contribution in [0.1, 0.15) is 38.3 Å². The van der Waals surface area contributed by atoms with Gasteiger partial charge in [-0.3, -0.25) is 0 Å². The molecule has 4 heteroatoms. The van der Waals surface area contributed by atoms with Crippen molar-refractivity contribution in [2.75, 3.05) is 23.3 Å². The maximum Gasteiger partial charge on any atom is 0.319 e. The number of carbonyl (C=O) groups excluding carboxylic acids is 1. The van der Waals surface area contributed by atoms with Gasteiger partial charge in [-0.25, -0.2) is 4.79 Å². The molecule has 2 amide bonds. The normalized spacial score (nSPS) is 16.3. The van der Waals surface area contributed by atoms with E-state index in [0.717, 1.165) is 30.3 Å². The van der Waals surface area contributed by atoms with Gasteiger partial charge >= 0.3 is 6.03 Å². The number of piperidine rings is 1. The number of urea groups is 1. The van der Waals surface area contributed by atoms with Crippen molar-refractivity contribution in [1.82, 2.24) is 5.32 Å². The van der Waals surface area contributed by atoms with Gasteiger partial charge in [0, 0.05) is 24.5 Å². The first-order valence-electron chi connectivity index (χ1n) is 9.09. The largest absolute Gasteiger partial charge is 0.372 e. The molecule has 0 spiro atoms. The predicted octanol–water partition coefficient (Wildman–Crippen LogP) is 4.81. The zero-order chi connectivity index (χ0) is 17.6. The predicted molar refractivity (Wildman–Crippen MR) is 104 cm³/mol. The van der Waals surface area contributed by atoms with E-state index in [1.807, 2.05) is 37.3 Å². The second kappa shape index (κ2) is 8.06. The third kappa shape index (κ3) is 4.75. The lowest BCUT2D eigenvalue weighted by Crippen LogP contribution is -2.33. The van der Waals surface area contributed by atoms with Crippen LogP contribution in [0, 0.1) is 5.92 Å². The van der Waals surface area contributed by atoms with Gasteiger partial charge in [0.1, 0.15) is 0 Å². The molecule has 0 aliphatic carbocycles. The topological polar surface area (TPSA) is 44.4 Å². The average molecular weight is 337 g/mol. The second-order valence-corrected chi connectivity index (χ2v) is 6.95. The molecule has 1 unspecified atom stereocenters. The highest BCUT2D eigenvalue weighted by molar-refractivity contribution is 5.89. The smallest absolute Gasteiger partial charge is 0.319 e. The molecular formula is C21H27N3O. The van der Waals surface area contributed by atoms with E-state index in [4.69, 9.17) is 0 Å². The van der Waals surface area contributed by atoms with Gasteiger partial charge in [0.25, 0.3) is 0 Å². The van der Waals surface area contributed by atoms with Crippen LogP contribution >= 0.6 is 0 Å². The minimum Gasteiger partial charge on any atom is -0.372 e. The van der Waals surface area contributed by atoms with Crippen LogP contribution in [0.4, 0.5) is 16.2 Å². The molecule has 2 N–H and O–H groups in total. The van der Waals surface area contributed by atoms with Crippen molar-refractivity contribution in [1.29, 1.82) is 0 Å². The summed E-state index contributed by atoms with van der Waals surface area (Å²) in [5.41, 5.74) is 3.18. The molecule has 3 rings (SSSR count).